The molecule has 3 amide bonds. The molecule has 0 bridgehead atoms. The van der Waals surface area contributed by atoms with E-state index in [1.54, 1.807) is 38.1 Å². The summed E-state index contributed by atoms with van der Waals surface area (Å²) in [5.74, 6) is -2.95. The molecule has 0 saturated heterocycles. The SMILES string of the molecule is CC(C)[C@H](NC(=O)[C@@H](N)CCC(=O)O)C(=O)N[C@@H](C)C(=O)Nc1ccc(N)cc1. The van der Waals surface area contributed by atoms with Gasteiger partial charge >= 0.3 is 5.97 Å². The number of nitrogens with two attached hydrogens (primary N) is 2. The van der Waals surface area contributed by atoms with Crippen molar-refractivity contribution in [1.82, 2.24) is 10.6 Å². The minimum Gasteiger partial charge on any atom is -0.481 e. The van der Waals surface area contributed by atoms with Gasteiger partial charge in [0.2, 0.25) is 17.7 Å². The van der Waals surface area contributed by atoms with Crippen LogP contribution in [0.3, 0.4) is 0 Å². The first-order valence-electron chi connectivity index (χ1n) is 9.25. The largest absolute Gasteiger partial charge is 0.481 e. The topological polar surface area (TPSA) is 177 Å². The van der Waals surface area contributed by atoms with Gasteiger partial charge in [0.05, 0.1) is 6.04 Å². The van der Waals surface area contributed by atoms with Gasteiger partial charge in [-0.05, 0) is 43.5 Å². The standard InChI is InChI=1S/C19H29N5O5/c1-10(2)16(24-18(28)14(21)8-9-15(25)26)19(29)22-11(3)17(27)23-13-6-4-12(20)5-7-13/h4-7,10-11,14,16H,8-9,20-21H2,1-3H3,(H,22,29)(H,23,27)(H,24,28)(H,25,26)/t11-,14-,16-/m0/s1. The van der Waals surface area contributed by atoms with E-state index in [2.05, 4.69) is 16.0 Å². The minimum atomic E-state index is -1.06. The molecule has 1 aromatic rings. The molecule has 160 valence electrons. The summed E-state index contributed by atoms with van der Waals surface area (Å²) in [6.45, 7) is 4.97. The van der Waals surface area contributed by atoms with Gasteiger partial charge in [0.25, 0.3) is 0 Å². The van der Waals surface area contributed by atoms with E-state index < -0.39 is 41.8 Å². The van der Waals surface area contributed by atoms with Crippen LogP contribution in [0.4, 0.5) is 11.4 Å². The van der Waals surface area contributed by atoms with E-state index in [1.165, 1.54) is 6.92 Å². The zero-order valence-electron chi connectivity index (χ0n) is 16.8. The average Bonchev–Trinajstić information content (AvgIpc) is 2.65. The highest BCUT2D eigenvalue weighted by atomic mass is 16.4. The smallest absolute Gasteiger partial charge is 0.303 e. The van der Waals surface area contributed by atoms with Crippen LogP contribution < -0.4 is 27.4 Å². The van der Waals surface area contributed by atoms with Crippen molar-refractivity contribution in [2.24, 2.45) is 11.7 Å². The summed E-state index contributed by atoms with van der Waals surface area (Å²) in [5.41, 5.74) is 12.4. The molecule has 3 atom stereocenters. The highest BCUT2D eigenvalue weighted by Gasteiger charge is 2.28. The molecule has 1 aromatic carbocycles. The summed E-state index contributed by atoms with van der Waals surface area (Å²) in [5, 5.41) is 16.4. The van der Waals surface area contributed by atoms with Crippen molar-refractivity contribution in [3.8, 4) is 0 Å². The fourth-order valence-corrected chi connectivity index (χ4v) is 2.39. The number of benzene rings is 1. The Morgan fingerprint density at radius 1 is 0.966 bits per heavy atom. The van der Waals surface area contributed by atoms with Gasteiger partial charge in [0.1, 0.15) is 12.1 Å². The van der Waals surface area contributed by atoms with Gasteiger partial charge in [0, 0.05) is 17.8 Å². The van der Waals surface area contributed by atoms with Gasteiger partial charge in [-0.15, -0.1) is 0 Å². The third kappa shape index (κ3) is 8.18. The van der Waals surface area contributed by atoms with Gasteiger partial charge in [-0.3, -0.25) is 19.2 Å². The molecule has 0 aliphatic heterocycles. The fourth-order valence-electron chi connectivity index (χ4n) is 2.39. The van der Waals surface area contributed by atoms with E-state index in [0.29, 0.717) is 11.4 Å². The van der Waals surface area contributed by atoms with Crippen LogP contribution in [0, 0.1) is 5.92 Å². The number of aliphatic carboxylic acids is 1. The number of rotatable bonds is 10. The number of carbonyl (C=O) groups is 4. The van der Waals surface area contributed by atoms with Crippen molar-refractivity contribution in [3.05, 3.63) is 24.3 Å². The van der Waals surface area contributed by atoms with Crippen molar-refractivity contribution < 1.29 is 24.3 Å². The Morgan fingerprint density at radius 2 is 1.55 bits per heavy atom. The van der Waals surface area contributed by atoms with Crippen LogP contribution in [0.25, 0.3) is 0 Å². The Hall–Kier alpha value is -3.14. The molecule has 0 saturated carbocycles. The van der Waals surface area contributed by atoms with E-state index in [4.69, 9.17) is 16.6 Å². The highest BCUT2D eigenvalue weighted by Crippen LogP contribution is 2.11. The molecule has 10 heteroatoms. The molecule has 0 heterocycles. The van der Waals surface area contributed by atoms with E-state index in [1.807, 2.05) is 0 Å². The summed E-state index contributed by atoms with van der Waals surface area (Å²) in [7, 11) is 0. The maximum atomic E-state index is 12.6. The molecule has 8 N–H and O–H groups in total. The molecule has 0 fully saturated rings. The number of amides is 3. The lowest BCUT2D eigenvalue weighted by Crippen LogP contribution is -2.56. The van der Waals surface area contributed by atoms with Crippen LogP contribution in [-0.4, -0.2) is 46.9 Å². The van der Waals surface area contributed by atoms with Crippen molar-refractivity contribution in [3.63, 3.8) is 0 Å². The van der Waals surface area contributed by atoms with Crippen LogP contribution in [0.15, 0.2) is 24.3 Å². The van der Waals surface area contributed by atoms with Crippen molar-refractivity contribution in [2.75, 3.05) is 11.1 Å². The number of hydrogen-bond acceptors (Lipinski definition) is 6. The zero-order chi connectivity index (χ0) is 22.1. The number of nitrogens with one attached hydrogen (secondary N) is 3. The van der Waals surface area contributed by atoms with Crippen LogP contribution >= 0.6 is 0 Å². The van der Waals surface area contributed by atoms with Crippen LogP contribution in [0.2, 0.25) is 0 Å². The monoisotopic (exact) mass is 407 g/mol. The first-order valence-corrected chi connectivity index (χ1v) is 9.25. The Kier molecular flexibility index (Phi) is 9.07. The maximum Gasteiger partial charge on any atom is 0.303 e. The van der Waals surface area contributed by atoms with Gasteiger partial charge in [-0.25, -0.2) is 0 Å². The summed E-state index contributed by atoms with van der Waals surface area (Å²) < 4.78 is 0. The van der Waals surface area contributed by atoms with E-state index in [-0.39, 0.29) is 18.8 Å². The number of anilines is 2. The van der Waals surface area contributed by atoms with Crippen LogP contribution in [-0.2, 0) is 19.2 Å². The maximum absolute atomic E-state index is 12.6. The lowest BCUT2D eigenvalue weighted by Gasteiger charge is -2.25. The second-order valence-corrected chi connectivity index (χ2v) is 7.11. The zero-order valence-corrected chi connectivity index (χ0v) is 16.8. The van der Waals surface area contributed by atoms with Gasteiger partial charge in [-0.2, -0.15) is 0 Å². The molecule has 0 radical (unpaired) electrons. The molecule has 1 rings (SSSR count). The minimum absolute atomic E-state index is 0.0476. The first-order chi connectivity index (χ1) is 13.5. The van der Waals surface area contributed by atoms with Gasteiger partial charge in [-0.1, -0.05) is 13.8 Å². The number of carbonyl (C=O) groups excluding carboxylic acids is 3. The Bertz CT molecular complexity index is 735. The summed E-state index contributed by atoms with van der Waals surface area (Å²) in [4.78, 5) is 47.6. The molecule has 0 aliphatic carbocycles. The fraction of sp³-hybridized carbons (Fsp3) is 0.474. The normalized spacial score (nSPS) is 13.8. The number of carboxylic acids is 1. The van der Waals surface area contributed by atoms with Gasteiger partial charge < -0.3 is 32.5 Å². The average molecular weight is 407 g/mol. The predicted octanol–water partition coefficient (Wildman–Crippen LogP) is 0.0449. The molecule has 29 heavy (non-hydrogen) atoms. The molecule has 0 unspecified atom stereocenters. The first kappa shape index (κ1) is 23.9. The Labute approximate surface area is 169 Å². The Morgan fingerprint density at radius 3 is 2.07 bits per heavy atom. The third-order valence-corrected chi connectivity index (χ3v) is 4.18. The molecule has 0 aromatic heterocycles. The number of carboxylic acid groups (broad SMARTS) is 1. The Balaban J connectivity index is 2.66. The van der Waals surface area contributed by atoms with Crippen LogP contribution in [0.5, 0.6) is 0 Å². The lowest BCUT2D eigenvalue weighted by atomic mass is 10.0. The van der Waals surface area contributed by atoms with Gasteiger partial charge in [0.15, 0.2) is 0 Å². The molecule has 10 nitrogen and oxygen atoms in total. The number of hydrogen-bond donors (Lipinski definition) is 6. The van der Waals surface area contributed by atoms with E-state index in [9.17, 15) is 19.2 Å². The quantitative estimate of drug-likeness (QED) is 0.297. The van der Waals surface area contributed by atoms with Crippen LogP contribution in [0.1, 0.15) is 33.6 Å². The molecule has 0 aliphatic rings. The summed E-state index contributed by atoms with van der Waals surface area (Å²) in [6, 6.07) is 3.71. The predicted molar refractivity (Wildman–Crippen MR) is 109 cm³/mol. The van der Waals surface area contributed by atoms with Crippen molar-refractivity contribution in [1.29, 1.82) is 0 Å². The van der Waals surface area contributed by atoms with E-state index >= 15 is 0 Å². The second-order valence-electron chi connectivity index (χ2n) is 7.11. The summed E-state index contributed by atoms with van der Waals surface area (Å²) >= 11 is 0. The highest BCUT2D eigenvalue weighted by molar-refractivity contribution is 5.98. The third-order valence-electron chi connectivity index (χ3n) is 4.18. The summed E-state index contributed by atoms with van der Waals surface area (Å²) in [6.07, 6.45) is -0.302. The van der Waals surface area contributed by atoms with E-state index in [0.717, 1.165) is 0 Å². The molecule has 0 spiro atoms. The second kappa shape index (κ2) is 11.0. The van der Waals surface area contributed by atoms with Crippen molar-refractivity contribution >= 4 is 35.1 Å². The van der Waals surface area contributed by atoms with Crippen molar-refractivity contribution in [2.45, 2.75) is 51.7 Å². The molecular formula is C19H29N5O5. The number of nitrogen functional groups attached to an aromatic ring is 1. The molecular weight excluding hydrogens is 378 g/mol. The lowest BCUT2D eigenvalue weighted by molar-refractivity contribution is -0.137.